The van der Waals surface area contributed by atoms with Crippen LogP contribution >= 0.6 is 11.3 Å². The average Bonchev–Trinajstić information content (AvgIpc) is 2.74. The molecule has 0 amide bonds. The molecule has 0 aliphatic rings. The highest BCUT2D eigenvalue weighted by molar-refractivity contribution is 7.12. The van der Waals surface area contributed by atoms with Gasteiger partial charge in [-0.2, -0.15) is 0 Å². The molecule has 108 valence electrons. The number of aromatic nitrogens is 1. The van der Waals surface area contributed by atoms with E-state index in [9.17, 15) is 4.79 Å². The molecule has 2 heterocycles. The van der Waals surface area contributed by atoms with Crippen LogP contribution < -0.4 is 10.9 Å². The van der Waals surface area contributed by atoms with Gasteiger partial charge in [0.25, 0.3) is 5.56 Å². The maximum atomic E-state index is 11.7. The Labute approximate surface area is 123 Å². The van der Waals surface area contributed by atoms with Crippen molar-refractivity contribution < 1.29 is 4.74 Å². The van der Waals surface area contributed by atoms with Gasteiger partial charge < -0.3 is 14.6 Å². The molecule has 2 aromatic rings. The lowest BCUT2D eigenvalue weighted by atomic mass is 10.2. The molecule has 2 aromatic heterocycles. The lowest BCUT2D eigenvalue weighted by Gasteiger charge is -2.10. The highest BCUT2D eigenvalue weighted by Gasteiger charge is 2.03. The lowest BCUT2D eigenvalue weighted by Crippen LogP contribution is -2.21. The number of hydrogen-bond donors (Lipinski definition) is 1. The van der Waals surface area contributed by atoms with E-state index in [-0.39, 0.29) is 5.56 Å². The summed E-state index contributed by atoms with van der Waals surface area (Å²) in [5, 5.41) is 3.37. The number of nitrogens with zero attached hydrogens (tertiary/aromatic N) is 1. The van der Waals surface area contributed by atoms with Crippen molar-refractivity contribution in [3.63, 3.8) is 0 Å². The number of hydrogen-bond acceptors (Lipinski definition) is 4. The van der Waals surface area contributed by atoms with Gasteiger partial charge in [-0.05, 0) is 31.5 Å². The zero-order valence-corrected chi connectivity index (χ0v) is 12.9. The van der Waals surface area contributed by atoms with Crippen molar-refractivity contribution in [2.45, 2.75) is 26.9 Å². The van der Waals surface area contributed by atoms with Gasteiger partial charge in [0.15, 0.2) is 0 Å². The first-order valence-corrected chi connectivity index (χ1v) is 7.41. The number of rotatable bonds is 6. The van der Waals surface area contributed by atoms with Gasteiger partial charge in [0.2, 0.25) is 0 Å². The molecule has 0 radical (unpaired) electrons. The summed E-state index contributed by atoms with van der Waals surface area (Å²) in [5.74, 6) is 0. The Kier molecular flexibility index (Phi) is 4.98. The number of methoxy groups -OCH3 is 1. The molecule has 0 atom stereocenters. The minimum absolute atomic E-state index is 0.00448. The Morgan fingerprint density at radius 3 is 2.80 bits per heavy atom. The van der Waals surface area contributed by atoms with Gasteiger partial charge in [0.05, 0.1) is 12.3 Å². The minimum atomic E-state index is -0.00448. The number of anilines is 1. The molecule has 0 saturated heterocycles. The van der Waals surface area contributed by atoms with E-state index in [0.29, 0.717) is 13.2 Å². The zero-order chi connectivity index (χ0) is 14.5. The molecule has 0 unspecified atom stereocenters. The molecular formula is C15H20N2O2S. The van der Waals surface area contributed by atoms with Crippen molar-refractivity contribution in [3.8, 4) is 0 Å². The molecule has 0 aliphatic carbocycles. The molecule has 1 N–H and O–H groups in total. The number of aryl methyl sites for hydroxylation is 2. The fourth-order valence-corrected chi connectivity index (χ4v) is 3.00. The summed E-state index contributed by atoms with van der Waals surface area (Å²) in [5.41, 5.74) is 2.25. The Hall–Kier alpha value is -1.59. The Morgan fingerprint density at radius 2 is 2.15 bits per heavy atom. The van der Waals surface area contributed by atoms with Crippen LogP contribution in [0.5, 0.6) is 0 Å². The third kappa shape index (κ3) is 3.71. The van der Waals surface area contributed by atoms with E-state index in [1.165, 1.54) is 15.3 Å². The van der Waals surface area contributed by atoms with Gasteiger partial charge in [-0.25, -0.2) is 0 Å². The first kappa shape index (κ1) is 14.8. The van der Waals surface area contributed by atoms with Gasteiger partial charge in [-0.1, -0.05) is 0 Å². The van der Waals surface area contributed by atoms with E-state index in [1.54, 1.807) is 17.7 Å². The second-order valence-corrected chi connectivity index (χ2v) is 6.19. The Morgan fingerprint density at radius 1 is 1.35 bits per heavy atom. The molecule has 0 saturated carbocycles. The van der Waals surface area contributed by atoms with Crippen molar-refractivity contribution in [2.24, 2.45) is 0 Å². The molecule has 0 fully saturated rings. The van der Waals surface area contributed by atoms with Crippen molar-refractivity contribution in [3.05, 3.63) is 50.1 Å². The number of thiophene rings is 1. The van der Waals surface area contributed by atoms with E-state index in [1.807, 2.05) is 23.6 Å². The van der Waals surface area contributed by atoms with Crippen LogP contribution in [-0.2, 0) is 17.8 Å². The van der Waals surface area contributed by atoms with Crippen molar-refractivity contribution in [2.75, 3.05) is 19.0 Å². The summed E-state index contributed by atoms with van der Waals surface area (Å²) in [7, 11) is 1.63. The van der Waals surface area contributed by atoms with E-state index < -0.39 is 0 Å². The highest BCUT2D eigenvalue weighted by Crippen LogP contribution is 2.21. The molecule has 4 nitrogen and oxygen atoms in total. The summed E-state index contributed by atoms with van der Waals surface area (Å²) < 4.78 is 6.67. The molecule has 2 rings (SSSR count). The number of nitrogens with one attached hydrogen (secondary N) is 1. The van der Waals surface area contributed by atoms with Crippen molar-refractivity contribution in [1.29, 1.82) is 0 Å². The molecule has 0 aromatic carbocycles. The second-order valence-electron chi connectivity index (χ2n) is 4.73. The third-order valence-corrected chi connectivity index (χ3v) is 4.15. The number of pyridine rings is 1. The monoisotopic (exact) mass is 292 g/mol. The summed E-state index contributed by atoms with van der Waals surface area (Å²) in [6, 6.07) is 5.61. The second kappa shape index (κ2) is 6.72. The topological polar surface area (TPSA) is 43.3 Å². The molecule has 20 heavy (non-hydrogen) atoms. The predicted molar refractivity (Wildman–Crippen MR) is 83.7 cm³/mol. The first-order valence-electron chi connectivity index (χ1n) is 6.59. The largest absolute Gasteiger partial charge is 0.383 e. The highest BCUT2D eigenvalue weighted by atomic mass is 32.1. The van der Waals surface area contributed by atoms with Gasteiger partial charge >= 0.3 is 0 Å². The predicted octanol–water partition coefficient (Wildman–Crippen LogP) is 2.79. The van der Waals surface area contributed by atoms with Gasteiger partial charge in [0.1, 0.15) is 0 Å². The first-order chi connectivity index (χ1) is 9.60. The maximum absolute atomic E-state index is 11.7. The summed E-state index contributed by atoms with van der Waals surface area (Å²) in [6.45, 7) is 6.13. The fraction of sp³-hybridized carbons (Fsp3) is 0.400. The van der Waals surface area contributed by atoms with E-state index in [4.69, 9.17) is 4.74 Å². The van der Waals surface area contributed by atoms with Crippen LogP contribution in [0.15, 0.2) is 29.2 Å². The van der Waals surface area contributed by atoms with Crippen LogP contribution in [0.4, 0.5) is 5.69 Å². The Balaban J connectivity index is 2.06. The molecule has 0 aliphatic heterocycles. The van der Waals surface area contributed by atoms with Crippen LogP contribution in [0.1, 0.15) is 15.3 Å². The smallest absolute Gasteiger partial charge is 0.250 e. The Bertz CT molecular complexity index is 631. The van der Waals surface area contributed by atoms with Gasteiger partial charge in [-0.15, -0.1) is 11.3 Å². The van der Waals surface area contributed by atoms with E-state index in [0.717, 1.165) is 12.2 Å². The summed E-state index contributed by atoms with van der Waals surface area (Å²) >= 11 is 1.81. The fourth-order valence-electron chi connectivity index (χ4n) is 2.06. The third-order valence-electron chi connectivity index (χ3n) is 3.15. The SMILES string of the molecule is COCCn1cc(NCc2cc(C)sc2C)ccc1=O. The van der Waals surface area contributed by atoms with Crippen molar-refractivity contribution in [1.82, 2.24) is 4.57 Å². The standard InChI is InChI=1S/C15H20N2O2S/c1-11-8-13(12(2)20-11)9-16-14-4-5-15(18)17(10-14)6-7-19-3/h4-5,8,10,16H,6-7,9H2,1-3H3. The van der Waals surface area contributed by atoms with Crippen molar-refractivity contribution >= 4 is 17.0 Å². The number of ether oxygens (including phenoxy) is 1. The van der Waals surface area contributed by atoms with Crippen LogP contribution in [0.2, 0.25) is 0 Å². The molecule has 0 bridgehead atoms. The summed E-state index contributed by atoms with van der Waals surface area (Å²) in [4.78, 5) is 14.3. The van der Waals surface area contributed by atoms with Gasteiger partial charge in [-0.3, -0.25) is 4.79 Å². The van der Waals surface area contributed by atoms with Crippen LogP contribution in [0.3, 0.4) is 0 Å². The zero-order valence-electron chi connectivity index (χ0n) is 12.1. The normalized spacial score (nSPS) is 10.8. The minimum Gasteiger partial charge on any atom is -0.383 e. The molecule has 5 heteroatoms. The van der Waals surface area contributed by atoms with Crippen LogP contribution in [0, 0.1) is 13.8 Å². The van der Waals surface area contributed by atoms with Crippen LogP contribution in [-0.4, -0.2) is 18.3 Å². The van der Waals surface area contributed by atoms with E-state index >= 15 is 0 Å². The summed E-state index contributed by atoms with van der Waals surface area (Å²) in [6.07, 6.45) is 1.84. The maximum Gasteiger partial charge on any atom is 0.250 e. The lowest BCUT2D eigenvalue weighted by molar-refractivity contribution is 0.186. The molecular weight excluding hydrogens is 272 g/mol. The average molecular weight is 292 g/mol. The van der Waals surface area contributed by atoms with E-state index in [2.05, 4.69) is 25.2 Å². The van der Waals surface area contributed by atoms with Crippen LogP contribution in [0.25, 0.3) is 0 Å². The molecule has 0 spiro atoms. The quantitative estimate of drug-likeness (QED) is 0.890. The van der Waals surface area contributed by atoms with Gasteiger partial charge in [0, 0.05) is 42.2 Å².